The van der Waals surface area contributed by atoms with Crippen LogP contribution in [0.25, 0.3) is 0 Å². The number of carbonyl (C=O) groups is 1. The molecule has 28 heavy (non-hydrogen) atoms. The van der Waals surface area contributed by atoms with Crippen LogP contribution in [0.15, 0.2) is 10.2 Å². The van der Waals surface area contributed by atoms with Crippen LogP contribution in [-0.4, -0.2) is 71.8 Å². The van der Waals surface area contributed by atoms with E-state index in [0.29, 0.717) is 56.0 Å². The molecule has 1 amide bonds. The molecule has 1 heterocycles. The van der Waals surface area contributed by atoms with Gasteiger partial charge in [0.25, 0.3) is 0 Å². The molecular formula is C17H29N7O2S2. The van der Waals surface area contributed by atoms with Gasteiger partial charge in [-0.15, -0.1) is 0 Å². The topological polar surface area (TPSA) is 102 Å². The highest BCUT2D eigenvalue weighted by molar-refractivity contribution is 7.80. The SMILES string of the molecule is CCNC(=S)N/N=C1/CCC(CC(=O)N2CCOCC2)/C1=N/NC(=S)NCC. The molecule has 1 atom stereocenters. The van der Waals surface area contributed by atoms with Gasteiger partial charge in [0.2, 0.25) is 5.91 Å². The van der Waals surface area contributed by atoms with Crippen LogP contribution in [0, 0.1) is 5.92 Å². The Morgan fingerprint density at radius 1 is 1.11 bits per heavy atom. The molecule has 0 aromatic heterocycles. The molecule has 0 aromatic rings. The summed E-state index contributed by atoms with van der Waals surface area (Å²) >= 11 is 10.4. The van der Waals surface area contributed by atoms with Gasteiger partial charge in [-0.05, 0) is 51.1 Å². The summed E-state index contributed by atoms with van der Waals surface area (Å²) in [4.78, 5) is 14.5. The van der Waals surface area contributed by atoms with E-state index < -0.39 is 0 Å². The van der Waals surface area contributed by atoms with Crippen molar-refractivity contribution in [2.75, 3.05) is 39.4 Å². The minimum Gasteiger partial charge on any atom is -0.378 e. The summed E-state index contributed by atoms with van der Waals surface area (Å²) in [5.74, 6) is 0.105. The second-order valence-corrected chi connectivity index (χ2v) is 7.25. The van der Waals surface area contributed by atoms with E-state index in [1.807, 2.05) is 18.7 Å². The zero-order valence-corrected chi connectivity index (χ0v) is 18.0. The van der Waals surface area contributed by atoms with Gasteiger partial charge in [-0.3, -0.25) is 15.6 Å². The van der Waals surface area contributed by atoms with Crippen molar-refractivity contribution in [3.05, 3.63) is 0 Å². The number of nitrogens with one attached hydrogen (secondary N) is 4. The molecule has 1 saturated carbocycles. The Bertz CT molecular complexity index is 633. The normalized spacial score (nSPS) is 22.2. The second kappa shape index (κ2) is 11.9. The highest BCUT2D eigenvalue weighted by Gasteiger charge is 2.32. The van der Waals surface area contributed by atoms with Crippen molar-refractivity contribution in [3.63, 3.8) is 0 Å². The van der Waals surface area contributed by atoms with Crippen LogP contribution in [0.4, 0.5) is 0 Å². The van der Waals surface area contributed by atoms with E-state index in [1.54, 1.807) is 0 Å². The Balaban J connectivity index is 2.07. The van der Waals surface area contributed by atoms with Crippen LogP contribution < -0.4 is 21.5 Å². The summed E-state index contributed by atoms with van der Waals surface area (Å²) in [5.41, 5.74) is 7.23. The van der Waals surface area contributed by atoms with Gasteiger partial charge < -0.3 is 20.3 Å². The number of hydrogen-bond acceptors (Lipinski definition) is 6. The third-order valence-corrected chi connectivity index (χ3v) is 4.91. The van der Waals surface area contributed by atoms with E-state index in [9.17, 15) is 4.79 Å². The van der Waals surface area contributed by atoms with Gasteiger partial charge in [-0.2, -0.15) is 10.2 Å². The van der Waals surface area contributed by atoms with E-state index in [-0.39, 0.29) is 11.8 Å². The molecule has 0 radical (unpaired) electrons. The fourth-order valence-corrected chi connectivity index (χ4v) is 3.44. The van der Waals surface area contributed by atoms with Gasteiger partial charge in [-0.1, -0.05) is 0 Å². The molecule has 1 unspecified atom stereocenters. The monoisotopic (exact) mass is 427 g/mol. The third-order valence-electron chi connectivity index (χ3n) is 4.44. The van der Waals surface area contributed by atoms with Crippen molar-refractivity contribution in [2.45, 2.75) is 33.1 Å². The molecule has 0 aromatic carbocycles. The molecule has 2 fully saturated rings. The lowest BCUT2D eigenvalue weighted by atomic mass is 10.0. The zero-order chi connectivity index (χ0) is 20.4. The molecule has 1 aliphatic heterocycles. The summed E-state index contributed by atoms with van der Waals surface area (Å²) in [6.07, 6.45) is 1.92. The number of nitrogens with zero attached hydrogens (tertiary/aromatic N) is 3. The minimum atomic E-state index is -0.0134. The van der Waals surface area contributed by atoms with Crippen LogP contribution in [0.3, 0.4) is 0 Å². The largest absolute Gasteiger partial charge is 0.378 e. The summed E-state index contributed by atoms with van der Waals surface area (Å²) in [6, 6.07) is 0. The van der Waals surface area contributed by atoms with Crippen LogP contribution in [0.5, 0.6) is 0 Å². The fraction of sp³-hybridized carbons (Fsp3) is 0.706. The van der Waals surface area contributed by atoms with Crippen molar-refractivity contribution in [1.29, 1.82) is 0 Å². The number of ether oxygens (including phenoxy) is 1. The van der Waals surface area contributed by atoms with Gasteiger partial charge >= 0.3 is 0 Å². The van der Waals surface area contributed by atoms with Gasteiger partial charge in [0.15, 0.2) is 10.2 Å². The maximum absolute atomic E-state index is 12.7. The maximum atomic E-state index is 12.7. The Hall–Kier alpha value is -1.85. The lowest BCUT2D eigenvalue weighted by Gasteiger charge is -2.27. The van der Waals surface area contributed by atoms with Gasteiger partial charge in [-0.25, -0.2) is 0 Å². The van der Waals surface area contributed by atoms with Crippen LogP contribution in [-0.2, 0) is 9.53 Å². The molecule has 156 valence electrons. The van der Waals surface area contributed by atoms with Crippen LogP contribution in [0.2, 0.25) is 0 Å². The van der Waals surface area contributed by atoms with E-state index >= 15 is 0 Å². The lowest BCUT2D eigenvalue weighted by Crippen LogP contribution is -2.42. The highest BCUT2D eigenvalue weighted by Crippen LogP contribution is 2.25. The maximum Gasteiger partial charge on any atom is 0.223 e. The number of carbonyl (C=O) groups excluding carboxylic acids is 1. The second-order valence-electron chi connectivity index (χ2n) is 6.43. The number of morpholine rings is 1. The first-order valence-electron chi connectivity index (χ1n) is 9.62. The number of amides is 1. The van der Waals surface area contributed by atoms with E-state index in [2.05, 4.69) is 31.7 Å². The lowest BCUT2D eigenvalue weighted by molar-refractivity contribution is -0.135. The molecule has 2 aliphatic rings. The van der Waals surface area contributed by atoms with Crippen LogP contribution in [0.1, 0.15) is 33.1 Å². The van der Waals surface area contributed by atoms with Crippen molar-refractivity contribution < 1.29 is 9.53 Å². The number of hydrogen-bond donors (Lipinski definition) is 4. The first kappa shape index (κ1) is 22.4. The molecule has 0 spiro atoms. The molecule has 4 N–H and O–H groups in total. The zero-order valence-electron chi connectivity index (χ0n) is 16.4. The predicted molar refractivity (Wildman–Crippen MR) is 118 cm³/mol. The number of hydrazone groups is 2. The summed E-state index contributed by atoms with van der Waals surface area (Å²) in [5, 5.41) is 15.7. The Morgan fingerprint density at radius 2 is 1.71 bits per heavy atom. The molecular weight excluding hydrogens is 398 g/mol. The summed E-state index contributed by atoms with van der Waals surface area (Å²) in [7, 11) is 0. The molecule has 0 bridgehead atoms. The number of thiocarbonyl (C=S) groups is 2. The molecule has 1 aliphatic carbocycles. The molecule has 9 nitrogen and oxygen atoms in total. The van der Waals surface area contributed by atoms with E-state index in [4.69, 9.17) is 29.2 Å². The van der Waals surface area contributed by atoms with Gasteiger partial charge in [0.1, 0.15) is 0 Å². The predicted octanol–water partition coefficient (Wildman–Crippen LogP) is 0.325. The summed E-state index contributed by atoms with van der Waals surface area (Å²) < 4.78 is 5.33. The Kier molecular flexibility index (Phi) is 9.51. The van der Waals surface area contributed by atoms with Crippen molar-refractivity contribution >= 4 is 52.0 Å². The Morgan fingerprint density at radius 3 is 2.32 bits per heavy atom. The molecule has 1 saturated heterocycles. The van der Waals surface area contributed by atoms with E-state index in [1.165, 1.54) is 0 Å². The Labute approximate surface area is 176 Å². The van der Waals surface area contributed by atoms with Gasteiger partial charge in [0, 0.05) is 38.5 Å². The third kappa shape index (κ3) is 6.95. The average Bonchev–Trinajstić information content (AvgIpc) is 3.07. The van der Waals surface area contributed by atoms with E-state index in [0.717, 1.165) is 24.3 Å². The minimum absolute atomic E-state index is 0.0134. The smallest absolute Gasteiger partial charge is 0.223 e. The molecule has 2 rings (SSSR count). The fourth-order valence-electron chi connectivity index (χ4n) is 3.06. The van der Waals surface area contributed by atoms with Crippen molar-refractivity contribution in [3.8, 4) is 0 Å². The quantitative estimate of drug-likeness (QED) is 0.355. The summed E-state index contributed by atoms with van der Waals surface area (Å²) in [6.45, 7) is 7.80. The highest BCUT2D eigenvalue weighted by atomic mass is 32.1. The standard InChI is InChI=1S/C17H29N7O2S2/c1-3-18-16(27)22-20-13-6-5-12(15(13)21-23-17(28)19-4-2)11-14(25)24-7-9-26-10-8-24/h12H,3-11H2,1-2H3,(H2,18,22,27)(H2,19,23,28)/b20-13-,21-15-. The average molecular weight is 428 g/mol. The van der Waals surface area contributed by atoms with Crippen molar-refractivity contribution in [1.82, 2.24) is 26.4 Å². The first-order valence-corrected chi connectivity index (χ1v) is 10.4. The van der Waals surface area contributed by atoms with Gasteiger partial charge in [0.05, 0.1) is 24.6 Å². The van der Waals surface area contributed by atoms with Crippen LogP contribution >= 0.6 is 24.4 Å². The number of rotatable bonds is 6. The molecule has 11 heteroatoms. The first-order chi connectivity index (χ1) is 13.5. The van der Waals surface area contributed by atoms with Crippen molar-refractivity contribution in [2.24, 2.45) is 16.1 Å².